The molecule has 4 atom stereocenters. The summed E-state index contributed by atoms with van der Waals surface area (Å²) < 4.78 is 17.7. The smallest absolute Gasteiger partial charge is 0.119 e. The first-order valence-electron chi connectivity index (χ1n) is 10.1. The van der Waals surface area contributed by atoms with Crippen LogP contribution in [0.3, 0.4) is 0 Å². The molecule has 0 amide bonds. The van der Waals surface area contributed by atoms with Crippen molar-refractivity contribution in [1.82, 2.24) is 0 Å². The fourth-order valence-electron chi connectivity index (χ4n) is 3.88. The lowest BCUT2D eigenvalue weighted by molar-refractivity contribution is 0.0658. The molecular formula is C25H28O3. The fourth-order valence-corrected chi connectivity index (χ4v) is 3.88. The van der Waals surface area contributed by atoms with Crippen molar-refractivity contribution in [3.05, 3.63) is 77.4 Å². The molecule has 0 bridgehead atoms. The van der Waals surface area contributed by atoms with Crippen molar-refractivity contribution in [2.24, 2.45) is 11.8 Å². The van der Waals surface area contributed by atoms with Crippen LogP contribution in [0.1, 0.15) is 23.6 Å². The van der Waals surface area contributed by atoms with E-state index in [-0.39, 0.29) is 12.2 Å². The van der Waals surface area contributed by atoms with Crippen molar-refractivity contribution in [2.45, 2.75) is 26.1 Å². The highest BCUT2D eigenvalue weighted by molar-refractivity contribution is 5.52. The van der Waals surface area contributed by atoms with Gasteiger partial charge in [-0.05, 0) is 37.1 Å². The maximum absolute atomic E-state index is 6.10. The van der Waals surface area contributed by atoms with Crippen LogP contribution in [0.15, 0.2) is 60.7 Å². The Morgan fingerprint density at radius 3 is 1.82 bits per heavy atom. The zero-order chi connectivity index (χ0) is 19.3. The molecule has 146 valence electrons. The Hall–Kier alpha value is -2.36. The molecule has 28 heavy (non-hydrogen) atoms. The van der Waals surface area contributed by atoms with Crippen LogP contribution in [-0.4, -0.2) is 32.0 Å². The Kier molecular flexibility index (Phi) is 5.94. The first-order chi connectivity index (χ1) is 13.7. The van der Waals surface area contributed by atoms with E-state index in [1.54, 1.807) is 0 Å². The van der Waals surface area contributed by atoms with Gasteiger partial charge in [0.1, 0.15) is 5.75 Å². The molecule has 2 aliphatic heterocycles. The highest BCUT2D eigenvalue weighted by Crippen LogP contribution is 2.36. The Bertz CT molecular complexity index is 820. The van der Waals surface area contributed by atoms with Gasteiger partial charge >= 0.3 is 0 Å². The number of ether oxygens (including phenoxy) is 3. The maximum Gasteiger partial charge on any atom is 0.119 e. The molecule has 2 heterocycles. The largest absolute Gasteiger partial charge is 0.494 e. The van der Waals surface area contributed by atoms with Crippen LogP contribution >= 0.6 is 0 Å². The molecule has 3 nitrogen and oxygen atoms in total. The second-order valence-electron chi connectivity index (χ2n) is 7.55. The number of hydrogen-bond donors (Lipinski definition) is 0. The quantitative estimate of drug-likeness (QED) is 0.698. The summed E-state index contributed by atoms with van der Waals surface area (Å²) in [5.74, 6) is 1.52. The zero-order valence-corrected chi connectivity index (χ0v) is 16.6. The van der Waals surface area contributed by atoms with Crippen molar-refractivity contribution in [3.63, 3.8) is 0 Å². The Labute approximate surface area is 167 Å². The van der Waals surface area contributed by atoms with E-state index in [1.807, 2.05) is 19.1 Å². The lowest BCUT2D eigenvalue weighted by Gasteiger charge is -2.13. The van der Waals surface area contributed by atoms with Crippen molar-refractivity contribution in [1.29, 1.82) is 0 Å². The third-order valence-corrected chi connectivity index (χ3v) is 5.47. The molecule has 2 aliphatic rings. The molecule has 2 saturated heterocycles. The predicted molar refractivity (Wildman–Crippen MR) is 113 cm³/mol. The maximum atomic E-state index is 6.10. The number of aryl methyl sites for hydroxylation is 1. The van der Waals surface area contributed by atoms with Gasteiger partial charge in [0.25, 0.3) is 0 Å². The van der Waals surface area contributed by atoms with E-state index in [4.69, 9.17) is 14.2 Å². The topological polar surface area (TPSA) is 27.7 Å². The molecule has 0 aliphatic carbocycles. The minimum Gasteiger partial charge on any atom is -0.494 e. The summed E-state index contributed by atoms with van der Waals surface area (Å²) in [5, 5.41) is 0. The minimum absolute atomic E-state index is 0.145. The average Bonchev–Trinajstić information content (AvgIpc) is 3.30. The molecule has 0 saturated carbocycles. The Morgan fingerprint density at radius 2 is 1.32 bits per heavy atom. The number of benzene rings is 2. The van der Waals surface area contributed by atoms with Gasteiger partial charge in [0.2, 0.25) is 0 Å². The number of hydrogen-bond acceptors (Lipinski definition) is 3. The van der Waals surface area contributed by atoms with Crippen molar-refractivity contribution >= 4 is 12.2 Å². The SMILES string of the molecule is CCOc1ccc(C=C[C@@H]2CO[C@H]3[C@@H]2OC[C@H]3C=Cc2ccc(C)cc2)cc1. The van der Waals surface area contributed by atoms with Crippen LogP contribution < -0.4 is 4.74 Å². The standard InChI is InChI=1S/C25H28O3/c1-3-26-23-14-10-20(11-15-23)9-13-22-17-28-24-21(16-27-25(22)24)12-8-19-6-4-18(2)5-7-19/h4-15,21-22,24-25H,3,16-17H2,1-2H3/t21-,22-,24-,25-/m1/s1. The predicted octanol–water partition coefficient (Wildman–Crippen LogP) is 5.15. The summed E-state index contributed by atoms with van der Waals surface area (Å²) >= 11 is 0. The van der Waals surface area contributed by atoms with Crippen molar-refractivity contribution in [3.8, 4) is 5.75 Å². The van der Waals surface area contributed by atoms with Crippen LogP contribution in [0.2, 0.25) is 0 Å². The van der Waals surface area contributed by atoms with Gasteiger partial charge in [-0.15, -0.1) is 0 Å². The summed E-state index contributed by atoms with van der Waals surface area (Å²) in [5.41, 5.74) is 3.67. The molecule has 0 aromatic heterocycles. The van der Waals surface area contributed by atoms with E-state index in [9.17, 15) is 0 Å². The van der Waals surface area contributed by atoms with Crippen LogP contribution in [0.4, 0.5) is 0 Å². The van der Waals surface area contributed by atoms with Crippen LogP contribution in [-0.2, 0) is 9.47 Å². The molecule has 4 rings (SSSR count). The Morgan fingerprint density at radius 1 is 0.821 bits per heavy atom. The normalized spacial score (nSPS) is 26.9. The molecule has 3 heteroatoms. The lowest BCUT2D eigenvalue weighted by atomic mass is 9.95. The molecule has 0 N–H and O–H groups in total. The summed E-state index contributed by atoms with van der Waals surface area (Å²) in [7, 11) is 0. The summed E-state index contributed by atoms with van der Waals surface area (Å²) in [4.78, 5) is 0. The minimum atomic E-state index is 0.145. The molecule has 2 aromatic rings. The van der Waals surface area contributed by atoms with Crippen LogP contribution in [0, 0.1) is 18.8 Å². The molecule has 2 aromatic carbocycles. The van der Waals surface area contributed by atoms with Gasteiger partial charge in [-0.3, -0.25) is 0 Å². The van der Waals surface area contributed by atoms with Crippen LogP contribution in [0.25, 0.3) is 12.2 Å². The highest BCUT2D eigenvalue weighted by Gasteiger charge is 2.45. The first-order valence-corrected chi connectivity index (χ1v) is 10.1. The third-order valence-electron chi connectivity index (χ3n) is 5.47. The second-order valence-corrected chi connectivity index (χ2v) is 7.55. The van der Waals surface area contributed by atoms with E-state index in [1.165, 1.54) is 16.7 Å². The lowest BCUT2D eigenvalue weighted by Crippen LogP contribution is -2.24. The molecule has 0 spiro atoms. The van der Waals surface area contributed by atoms with Gasteiger partial charge in [-0.1, -0.05) is 66.3 Å². The molecule has 0 unspecified atom stereocenters. The van der Waals surface area contributed by atoms with Gasteiger partial charge in [0.05, 0.1) is 32.0 Å². The first kappa shape index (κ1) is 19.0. The van der Waals surface area contributed by atoms with E-state index < -0.39 is 0 Å². The van der Waals surface area contributed by atoms with Gasteiger partial charge in [-0.25, -0.2) is 0 Å². The van der Waals surface area contributed by atoms with Gasteiger partial charge < -0.3 is 14.2 Å². The summed E-state index contributed by atoms with van der Waals surface area (Å²) in [6.07, 6.45) is 9.11. The molecule has 0 radical (unpaired) electrons. The van der Waals surface area contributed by atoms with Crippen molar-refractivity contribution in [2.75, 3.05) is 19.8 Å². The zero-order valence-electron chi connectivity index (χ0n) is 16.6. The molecule has 2 fully saturated rings. The van der Waals surface area contributed by atoms with E-state index in [0.29, 0.717) is 18.4 Å². The highest BCUT2D eigenvalue weighted by atomic mass is 16.6. The third kappa shape index (κ3) is 4.37. The van der Waals surface area contributed by atoms with E-state index in [2.05, 4.69) is 67.6 Å². The van der Waals surface area contributed by atoms with Gasteiger partial charge in [0.15, 0.2) is 0 Å². The summed E-state index contributed by atoms with van der Waals surface area (Å²) in [6, 6.07) is 16.8. The monoisotopic (exact) mass is 376 g/mol. The Balaban J connectivity index is 1.36. The van der Waals surface area contributed by atoms with E-state index >= 15 is 0 Å². The average molecular weight is 376 g/mol. The van der Waals surface area contributed by atoms with Gasteiger partial charge in [-0.2, -0.15) is 0 Å². The summed E-state index contributed by atoms with van der Waals surface area (Å²) in [6.45, 7) is 6.24. The second kappa shape index (κ2) is 8.76. The molecular weight excluding hydrogens is 348 g/mol. The van der Waals surface area contributed by atoms with E-state index in [0.717, 1.165) is 19.0 Å². The van der Waals surface area contributed by atoms with Gasteiger partial charge in [0, 0.05) is 11.8 Å². The van der Waals surface area contributed by atoms with Crippen LogP contribution in [0.5, 0.6) is 5.75 Å². The number of fused-ring (bicyclic) bond motifs is 1. The number of rotatable bonds is 6. The fraction of sp³-hybridized carbons (Fsp3) is 0.360. The van der Waals surface area contributed by atoms with Crippen molar-refractivity contribution < 1.29 is 14.2 Å².